The van der Waals surface area contributed by atoms with Gasteiger partial charge < -0.3 is 19.4 Å². The number of hydrogen-bond acceptors (Lipinski definition) is 5. The molecule has 0 fully saturated rings. The van der Waals surface area contributed by atoms with Crippen molar-refractivity contribution in [2.75, 3.05) is 25.2 Å². The Morgan fingerprint density at radius 3 is 2.45 bits per heavy atom. The number of hydrogen-bond donors (Lipinski definition) is 1. The van der Waals surface area contributed by atoms with Crippen molar-refractivity contribution in [1.29, 1.82) is 0 Å². The lowest BCUT2D eigenvalue weighted by Gasteiger charge is -2.21. The Morgan fingerprint density at radius 2 is 1.74 bits per heavy atom. The van der Waals surface area contributed by atoms with Gasteiger partial charge in [0.1, 0.15) is 24.7 Å². The zero-order valence-corrected chi connectivity index (χ0v) is 20.7. The predicted octanol–water partition coefficient (Wildman–Crippen LogP) is 5.84. The van der Waals surface area contributed by atoms with Crippen molar-refractivity contribution in [2.45, 2.75) is 6.18 Å². The van der Waals surface area contributed by atoms with Gasteiger partial charge in [-0.15, -0.1) is 0 Å². The second kappa shape index (κ2) is 11.4. The van der Waals surface area contributed by atoms with Crippen LogP contribution >= 0.6 is 11.6 Å². The number of aromatic amines is 1. The Balaban J connectivity index is 1.53. The van der Waals surface area contributed by atoms with Crippen LogP contribution in [0, 0.1) is 0 Å². The molecule has 0 atom stereocenters. The van der Waals surface area contributed by atoms with E-state index in [2.05, 4.69) is 9.97 Å². The lowest BCUT2D eigenvalue weighted by atomic mass is 10.0. The number of anilines is 1. The highest BCUT2D eigenvalue weighted by atomic mass is 35.5. The van der Waals surface area contributed by atoms with E-state index >= 15 is 0 Å². The summed E-state index contributed by atoms with van der Waals surface area (Å²) in [5.74, 6) is 0.440. The molecule has 2 heterocycles. The number of nitrogens with zero attached hydrogens (tertiary/aromatic N) is 2. The van der Waals surface area contributed by atoms with Crippen molar-refractivity contribution in [2.24, 2.45) is 0 Å². The molecule has 4 aromatic rings. The minimum absolute atomic E-state index is 0.100. The molecular formula is C27H21ClF3N3O4. The SMILES string of the molecule is CN(C(=O)c1ccc(Cl)c(-c2c[nH]c(C(F)(F)F)cc2=O)c1)c1ccccc1OCCOc1ccccn1. The van der Waals surface area contributed by atoms with Crippen molar-refractivity contribution in [3.63, 3.8) is 0 Å². The molecule has 0 spiro atoms. The van der Waals surface area contributed by atoms with E-state index in [1.54, 1.807) is 55.7 Å². The third kappa shape index (κ3) is 6.15. The summed E-state index contributed by atoms with van der Waals surface area (Å²) in [5.41, 5.74) is -1.41. The average Bonchev–Trinajstić information content (AvgIpc) is 2.91. The van der Waals surface area contributed by atoms with Crippen LogP contribution in [0.15, 0.2) is 83.9 Å². The van der Waals surface area contributed by atoms with Crippen LogP contribution in [0.2, 0.25) is 5.02 Å². The van der Waals surface area contributed by atoms with Crippen LogP contribution in [0.1, 0.15) is 16.1 Å². The van der Waals surface area contributed by atoms with E-state index in [0.717, 1.165) is 6.20 Å². The third-order valence-electron chi connectivity index (χ3n) is 5.48. The molecule has 2 aromatic carbocycles. The summed E-state index contributed by atoms with van der Waals surface area (Å²) in [4.78, 5) is 33.3. The molecule has 1 N–H and O–H groups in total. The maximum atomic E-state index is 13.3. The molecule has 0 aliphatic carbocycles. The summed E-state index contributed by atoms with van der Waals surface area (Å²) in [6.07, 6.45) is -2.16. The Bertz CT molecular complexity index is 1490. The van der Waals surface area contributed by atoms with Gasteiger partial charge in [-0.2, -0.15) is 13.2 Å². The summed E-state index contributed by atoms with van der Waals surface area (Å²) < 4.78 is 50.2. The number of pyridine rings is 2. The summed E-state index contributed by atoms with van der Waals surface area (Å²) in [7, 11) is 1.55. The molecule has 0 saturated heterocycles. The third-order valence-corrected chi connectivity index (χ3v) is 5.81. The molecule has 196 valence electrons. The van der Waals surface area contributed by atoms with E-state index in [0.29, 0.717) is 23.4 Å². The van der Waals surface area contributed by atoms with Crippen LogP contribution in [-0.4, -0.2) is 36.1 Å². The van der Waals surface area contributed by atoms with Gasteiger partial charge in [0.05, 0.1) is 5.69 Å². The Morgan fingerprint density at radius 1 is 1.00 bits per heavy atom. The maximum Gasteiger partial charge on any atom is 0.431 e. The Labute approximate surface area is 220 Å². The minimum atomic E-state index is -4.71. The zero-order chi connectivity index (χ0) is 27.3. The first-order chi connectivity index (χ1) is 18.1. The topological polar surface area (TPSA) is 84.5 Å². The molecule has 0 saturated carbocycles. The fourth-order valence-corrected chi connectivity index (χ4v) is 3.82. The van der Waals surface area contributed by atoms with Crippen LogP contribution < -0.4 is 19.8 Å². The van der Waals surface area contributed by atoms with Crippen molar-refractivity contribution >= 4 is 23.2 Å². The minimum Gasteiger partial charge on any atom is -0.488 e. The molecule has 0 unspecified atom stereocenters. The molecule has 2 aromatic heterocycles. The number of alkyl halides is 3. The molecule has 11 heteroatoms. The number of nitrogens with one attached hydrogen (secondary N) is 1. The molecule has 1 amide bonds. The number of para-hydroxylation sites is 2. The molecule has 4 rings (SSSR count). The molecule has 0 radical (unpaired) electrons. The monoisotopic (exact) mass is 543 g/mol. The van der Waals surface area contributed by atoms with Crippen LogP contribution in [0.25, 0.3) is 11.1 Å². The molecule has 0 aliphatic heterocycles. The molecule has 38 heavy (non-hydrogen) atoms. The van der Waals surface area contributed by atoms with Crippen LogP contribution in [0.5, 0.6) is 11.6 Å². The van der Waals surface area contributed by atoms with Gasteiger partial charge in [-0.3, -0.25) is 9.59 Å². The largest absolute Gasteiger partial charge is 0.488 e. The number of halogens is 4. The van der Waals surface area contributed by atoms with Gasteiger partial charge in [0.2, 0.25) is 5.88 Å². The highest BCUT2D eigenvalue weighted by Gasteiger charge is 2.32. The van der Waals surface area contributed by atoms with Crippen LogP contribution in [-0.2, 0) is 6.18 Å². The fraction of sp³-hybridized carbons (Fsp3) is 0.148. The van der Waals surface area contributed by atoms with Crippen LogP contribution in [0.3, 0.4) is 0 Å². The number of carbonyl (C=O) groups is 1. The number of rotatable bonds is 8. The molecular weight excluding hydrogens is 523 g/mol. The van der Waals surface area contributed by atoms with Gasteiger partial charge in [-0.05, 0) is 36.4 Å². The standard InChI is InChI=1S/C27H21ClF3N3O4/c1-34(21-6-2-3-7-23(21)37-12-13-38-25-8-4-5-11-32-25)26(36)17-9-10-20(28)18(14-17)19-16-33-24(15-22(19)35)27(29,30)31/h2-11,14-16H,12-13H2,1H3,(H,33,35). The van der Waals surface area contributed by atoms with Crippen molar-refractivity contribution < 1.29 is 27.4 Å². The Kier molecular flexibility index (Phi) is 8.02. The van der Waals surface area contributed by atoms with Gasteiger partial charge in [-0.25, -0.2) is 4.98 Å². The lowest BCUT2D eigenvalue weighted by Crippen LogP contribution is -2.27. The van der Waals surface area contributed by atoms with Gasteiger partial charge in [0, 0.05) is 53.3 Å². The van der Waals surface area contributed by atoms with Gasteiger partial charge in [0.15, 0.2) is 5.43 Å². The van der Waals surface area contributed by atoms with Crippen molar-refractivity contribution in [3.8, 4) is 22.8 Å². The zero-order valence-electron chi connectivity index (χ0n) is 20.0. The number of aromatic nitrogens is 2. The molecule has 0 bridgehead atoms. The highest BCUT2D eigenvalue weighted by Crippen LogP contribution is 2.32. The van der Waals surface area contributed by atoms with E-state index in [-0.39, 0.29) is 34.9 Å². The second-order valence-corrected chi connectivity index (χ2v) is 8.42. The van der Waals surface area contributed by atoms with Gasteiger partial charge >= 0.3 is 6.18 Å². The summed E-state index contributed by atoms with van der Waals surface area (Å²) in [6, 6.07) is 16.9. The number of benzene rings is 2. The number of carbonyl (C=O) groups excluding carboxylic acids is 1. The summed E-state index contributed by atoms with van der Waals surface area (Å²) >= 11 is 6.24. The van der Waals surface area contributed by atoms with Gasteiger partial charge in [0.25, 0.3) is 5.91 Å². The van der Waals surface area contributed by atoms with E-state index in [1.165, 1.54) is 23.1 Å². The predicted molar refractivity (Wildman–Crippen MR) is 137 cm³/mol. The van der Waals surface area contributed by atoms with E-state index < -0.39 is 23.2 Å². The molecule has 7 nitrogen and oxygen atoms in total. The maximum absolute atomic E-state index is 13.3. The highest BCUT2D eigenvalue weighted by molar-refractivity contribution is 6.33. The van der Waals surface area contributed by atoms with Crippen LogP contribution in [0.4, 0.5) is 18.9 Å². The number of ether oxygens (including phenoxy) is 2. The lowest BCUT2D eigenvalue weighted by molar-refractivity contribution is -0.141. The van der Waals surface area contributed by atoms with E-state index in [1.807, 2.05) is 0 Å². The number of H-pyrrole nitrogens is 1. The normalized spacial score (nSPS) is 11.2. The summed E-state index contributed by atoms with van der Waals surface area (Å²) in [6.45, 7) is 0.419. The van der Waals surface area contributed by atoms with Gasteiger partial charge in [-0.1, -0.05) is 29.8 Å². The first-order valence-corrected chi connectivity index (χ1v) is 11.7. The van der Waals surface area contributed by atoms with E-state index in [4.69, 9.17) is 21.1 Å². The first kappa shape index (κ1) is 26.7. The molecule has 0 aliphatic rings. The smallest absolute Gasteiger partial charge is 0.431 e. The summed E-state index contributed by atoms with van der Waals surface area (Å²) in [5, 5.41) is 0.103. The number of amides is 1. The second-order valence-electron chi connectivity index (χ2n) is 8.01. The Hall–Kier alpha value is -4.31. The van der Waals surface area contributed by atoms with Crippen molar-refractivity contribution in [3.05, 3.63) is 106 Å². The quantitative estimate of drug-likeness (QED) is 0.282. The van der Waals surface area contributed by atoms with E-state index in [9.17, 15) is 22.8 Å². The first-order valence-electron chi connectivity index (χ1n) is 11.3. The van der Waals surface area contributed by atoms with Crippen molar-refractivity contribution in [1.82, 2.24) is 9.97 Å². The fourth-order valence-electron chi connectivity index (χ4n) is 3.60. The average molecular weight is 544 g/mol.